The molecule has 0 unspecified atom stereocenters. The molecule has 4 aromatic rings. The maximum absolute atomic E-state index is 12.1. The summed E-state index contributed by atoms with van der Waals surface area (Å²) >= 11 is 0. The standard InChI is InChI=1S/C18H12N2O2/c21-18-17-14(13-8-4-5-9-15(13)22-18)11-19-16(20-17)10-12-6-2-1-3-7-12/h1-9,11H,10H2. The van der Waals surface area contributed by atoms with Gasteiger partial charge in [0.1, 0.15) is 11.4 Å². The van der Waals surface area contributed by atoms with Crippen LogP contribution in [0.3, 0.4) is 0 Å². The molecule has 0 fully saturated rings. The molecule has 2 heterocycles. The second-order valence-electron chi connectivity index (χ2n) is 5.10. The molecule has 0 radical (unpaired) electrons. The van der Waals surface area contributed by atoms with E-state index in [0.29, 0.717) is 23.3 Å². The summed E-state index contributed by atoms with van der Waals surface area (Å²) in [4.78, 5) is 20.9. The highest BCUT2D eigenvalue weighted by Crippen LogP contribution is 2.21. The molecule has 0 saturated heterocycles. The first kappa shape index (κ1) is 12.7. The van der Waals surface area contributed by atoms with Gasteiger partial charge in [0.05, 0.1) is 0 Å². The van der Waals surface area contributed by atoms with E-state index in [1.807, 2.05) is 48.5 Å². The minimum absolute atomic E-state index is 0.333. The van der Waals surface area contributed by atoms with E-state index in [2.05, 4.69) is 9.97 Å². The Labute approximate surface area is 126 Å². The van der Waals surface area contributed by atoms with Gasteiger partial charge >= 0.3 is 5.63 Å². The first-order valence-electron chi connectivity index (χ1n) is 7.03. The van der Waals surface area contributed by atoms with Gasteiger partial charge in [0.25, 0.3) is 0 Å². The van der Waals surface area contributed by atoms with Crippen LogP contribution in [-0.2, 0) is 6.42 Å². The minimum atomic E-state index is -0.426. The predicted octanol–water partition coefficient (Wildman–Crippen LogP) is 3.33. The molecule has 2 aromatic carbocycles. The quantitative estimate of drug-likeness (QED) is 0.419. The van der Waals surface area contributed by atoms with Crippen LogP contribution in [0.15, 0.2) is 70.0 Å². The average Bonchev–Trinajstić information content (AvgIpc) is 2.56. The van der Waals surface area contributed by atoms with Crippen LogP contribution in [0.5, 0.6) is 0 Å². The number of para-hydroxylation sites is 1. The first-order chi connectivity index (χ1) is 10.8. The van der Waals surface area contributed by atoms with E-state index < -0.39 is 5.63 Å². The molecule has 0 atom stereocenters. The lowest BCUT2D eigenvalue weighted by molar-refractivity contribution is 0.567. The van der Waals surface area contributed by atoms with Gasteiger partial charge in [0, 0.05) is 23.4 Å². The van der Waals surface area contributed by atoms with Crippen LogP contribution in [0.25, 0.3) is 21.9 Å². The van der Waals surface area contributed by atoms with Gasteiger partial charge in [-0.05, 0) is 11.6 Å². The van der Waals surface area contributed by atoms with Gasteiger partial charge < -0.3 is 4.42 Å². The Kier molecular flexibility index (Phi) is 2.93. The number of hydrogen-bond donors (Lipinski definition) is 0. The number of benzene rings is 2. The first-order valence-corrected chi connectivity index (χ1v) is 7.03. The molecule has 0 N–H and O–H groups in total. The summed E-state index contributed by atoms with van der Waals surface area (Å²) < 4.78 is 5.33. The van der Waals surface area contributed by atoms with Crippen molar-refractivity contribution in [2.75, 3.05) is 0 Å². The zero-order valence-corrected chi connectivity index (χ0v) is 11.7. The topological polar surface area (TPSA) is 56.0 Å². The summed E-state index contributed by atoms with van der Waals surface area (Å²) in [6.45, 7) is 0. The average molecular weight is 288 g/mol. The van der Waals surface area contributed by atoms with Crippen LogP contribution >= 0.6 is 0 Å². The third kappa shape index (κ3) is 2.15. The van der Waals surface area contributed by atoms with E-state index in [4.69, 9.17) is 4.42 Å². The van der Waals surface area contributed by atoms with E-state index >= 15 is 0 Å². The van der Waals surface area contributed by atoms with Crippen molar-refractivity contribution < 1.29 is 4.42 Å². The molecular formula is C18H12N2O2. The van der Waals surface area contributed by atoms with Gasteiger partial charge in [-0.1, -0.05) is 48.5 Å². The molecule has 106 valence electrons. The summed E-state index contributed by atoms with van der Waals surface area (Å²) in [7, 11) is 0. The van der Waals surface area contributed by atoms with Crippen LogP contribution in [0.4, 0.5) is 0 Å². The Bertz CT molecular complexity index is 1020. The maximum atomic E-state index is 12.1. The van der Waals surface area contributed by atoms with Gasteiger partial charge in [0.15, 0.2) is 5.52 Å². The monoisotopic (exact) mass is 288 g/mol. The molecule has 2 aromatic heterocycles. The molecule has 0 saturated carbocycles. The second-order valence-corrected chi connectivity index (χ2v) is 5.10. The Morgan fingerprint density at radius 2 is 1.68 bits per heavy atom. The van der Waals surface area contributed by atoms with Crippen LogP contribution in [-0.4, -0.2) is 9.97 Å². The molecule has 4 heteroatoms. The molecular weight excluding hydrogens is 276 g/mol. The lowest BCUT2D eigenvalue weighted by Gasteiger charge is -2.04. The molecule has 0 aliphatic carbocycles. The molecule has 22 heavy (non-hydrogen) atoms. The number of hydrogen-bond acceptors (Lipinski definition) is 4. The molecule has 0 aliphatic heterocycles. The van der Waals surface area contributed by atoms with Crippen molar-refractivity contribution in [1.82, 2.24) is 9.97 Å². The SMILES string of the molecule is O=c1oc2ccccc2c2cnc(Cc3ccccc3)nc12. The molecule has 0 bridgehead atoms. The van der Waals surface area contributed by atoms with Gasteiger partial charge in [-0.15, -0.1) is 0 Å². The molecule has 0 amide bonds. The highest BCUT2D eigenvalue weighted by atomic mass is 16.4. The summed E-state index contributed by atoms with van der Waals surface area (Å²) in [6, 6.07) is 17.3. The predicted molar refractivity (Wildman–Crippen MR) is 84.8 cm³/mol. The zero-order chi connectivity index (χ0) is 14.9. The van der Waals surface area contributed by atoms with Crippen LogP contribution in [0.2, 0.25) is 0 Å². The van der Waals surface area contributed by atoms with Gasteiger partial charge in [-0.25, -0.2) is 14.8 Å². The number of fused-ring (bicyclic) bond motifs is 3. The maximum Gasteiger partial charge on any atom is 0.363 e. The van der Waals surface area contributed by atoms with Gasteiger partial charge in [-0.2, -0.15) is 0 Å². The lowest BCUT2D eigenvalue weighted by atomic mass is 10.1. The summed E-state index contributed by atoms with van der Waals surface area (Å²) in [5.41, 5.74) is 1.57. The van der Waals surface area contributed by atoms with E-state index in [1.54, 1.807) is 12.3 Å². The van der Waals surface area contributed by atoms with Crippen LogP contribution in [0, 0.1) is 0 Å². The fraction of sp³-hybridized carbons (Fsp3) is 0.0556. The third-order valence-corrected chi connectivity index (χ3v) is 3.62. The minimum Gasteiger partial charge on any atom is -0.421 e. The second kappa shape index (κ2) is 5.07. The Balaban J connectivity index is 1.89. The fourth-order valence-corrected chi connectivity index (χ4v) is 2.56. The summed E-state index contributed by atoms with van der Waals surface area (Å²) in [5.74, 6) is 0.612. The van der Waals surface area contributed by atoms with E-state index in [0.717, 1.165) is 16.3 Å². The van der Waals surface area contributed by atoms with Crippen molar-refractivity contribution in [3.05, 3.63) is 82.6 Å². The van der Waals surface area contributed by atoms with Crippen LogP contribution in [0.1, 0.15) is 11.4 Å². The van der Waals surface area contributed by atoms with Crippen molar-refractivity contribution in [1.29, 1.82) is 0 Å². The normalized spacial score (nSPS) is 11.1. The van der Waals surface area contributed by atoms with Gasteiger partial charge in [0.2, 0.25) is 0 Å². The van der Waals surface area contributed by atoms with Gasteiger partial charge in [-0.3, -0.25) is 0 Å². The fourth-order valence-electron chi connectivity index (χ4n) is 2.56. The largest absolute Gasteiger partial charge is 0.421 e. The number of aromatic nitrogens is 2. The van der Waals surface area contributed by atoms with Crippen molar-refractivity contribution in [2.45, 2.75) is 6.42 Å². The molecule has 0 spiro atoms. The molecule has 4 nitrogen and oxygen atoms in total. The van der Waals surface area contributed by atoms with Crippen molar-refractivity contribution in [3.8, 4) is 0 Å². The Hall–Kier alpha value is -3.01. The van der Waals surface area contributed by atoms with E-state index in [1.165, 1.54) is 0 Å². The van der Waals surface area contributed by atoms with E-state index in [9.17, 15) is 4.79 Å². The Morgan fingerprint density at radius 3 is 2.55 bits per heavy atom. The smallest absolute Gasteiger partial charge is 0.363 e. The highest BCUT2D eigenvalue weighted by molar-refractivity contribution is 6.02. The number of nitrogens with zero attached hydrogens (tertiary/aromatic N) is 2. The lowest BCUT2D eigenvalue weighted by Crippen LogP contribution is -2.06. The number of rotatable bonds is 2. The highest BCUT2D eigenvalue weighted by Gasteiger charge is 2.10. The van der Waals surface area contributed by atoms with Crippen molar-refractivity contribution >= 4 is 21.9 Å². The van der Waals surface area contributed by atoms with Crippen molar-refractivity contribution in [3.63, 3.8) is 0 Å². The Morgan fingerprint density at radius 1 is 0.909 bits per heavy atom. The third-order valence-electron chi connectivity index (χ3n) is 3.62. The molecule has 0 aliphatic rings. The summed E-state index contributed by atoms with van der Waals surface area (Å²) in [6.07, 6.45) is 2.29. The summed E-state index contributed by atoms with van der Waals surface area (Å²) in [5, 5.41) is 1.58. The van der Waals surface area contributed by atoms with Crippen LogP contribution < -0.4 is 5.63 Å². The zero-order valence-electron chi connectivity index (χ0n) is 11.7. The van der Waals surface area contributed by atoms with E-state index in [-0.39, 0.29) is 0 Å². The van der Waals surface area contributed by atoms with Crippen molar-refractivity contribution in [2.24, 2.45) is 0 Å². The molecule has 4 rings (SSSR count).